The smallest absolute Gasteiger partial charge is 0.307 e. The molecule has 1 aromatic heterocycles. The van der Waals surface area contributed by atoms with Gasteiger partial charge in [-0.3, -0.25) is 0 Å². The van der Waals surface area contributed by atoms with Gasteiger partial charge in [-0.05, 0) is 18.2 Å². The first-order valence-electron chi connectivity index (χ1n) is 5.99. The summed E-state index contributed by atoms with van der Waals surface area (Å²) in [6, 6.07) is 3.58. The van der Waals surface area contributed by atoms with Gasteiger partial charge in [0, 0.05) is 24.2 Å². The Kier molecular flexibility index (Phi) is 3.33. The van der Waals surface area contributed by atoms with Crippen LogP contribution in [0.3, 0.4) is 0 Å². The fraction of sp³-hybridized carbons (Fsp3) is 0.231. The van der Waals surface area contributed by atoms with Crippen molar-refractivity contribution in [3.05, 3.63) is 46.0 Å². The Labute approximate surface area is 122 Å². The summed E-state index contributed by atoms with van der Waals surface area (Å²) >= 11 is 5.65. The van der Waals surface area contributed by atoms with E-state index in [9.17, 15) is 17.6 Å². The first kappa shape index (κ1) is 14.2. The normalized spacial score (nSPS) is 14.3. The van der Waals surface area contributed by atoms with Gasteiger partial charge >= 0.3 is 6.18 Å². The van der Waals surface area contributed by atoms with Gasteiger partial charge in [0.2, 0.25) is 0 Å². The molecule has 8 heteroatoms. The predicted molar refractivity (Wildman–Crippen MR) is 68.0 cm³/mol. The standard InChI is InChI=1S/C13H8ClF4N3/c14-8-3-6(1-2-9(8)15)12-20-10-5-19-4-7(10)11(21-12)13(16,17)18/h1-3,19H,4-5H2. The molecule has 21 heavy (non-hydrogen) atoms. The van der Waals surface area contributed by atoms with Crippen molar-refractivity contribution < 1.29 is 17.6 Å². The summed E-state index contributed by atoms with van der Waals surface area (Å²) in [5.41, 5.74) is -0.373. The summed E-state index contributed by atoms with van der Waals surface area (Å²) in [6.07, 6.45) is -4.57. The first-order valence-corrected chi connectivity index (χ1v) is 6.37. The van der Waals surface area contributed by atoms with E-state index in [0.29, 0.717) is 5.69 Å². The second-order valence-corrected chi connectivity index (χ2v) is 4.96. The van der Waals surface area contributed by atoms with E-state index in [0.717, 1.165) is 6.07 Å². The summed E-state index contributed by atoms with van der Waals surface area (Å²) in [6.45, 7) is 0.317. The van der Waals surface area contributed by atoms with Gasteiger partial charge in [-0.25, -0.2) is 14.4 Å². The van der Waals surface area contributed by atoms with Gasteiger partial charge in [-0.1, -0.05) is 11.6 Å². The quantitative estimate of drug-likeness (QED) is 0.817. The number of nitrogens with one attached hydrogen (secondary N) is 1. The molecule has 1 N–H and O–H groups in total. The minimum absolute atomic E-state index is 0.0551. The topological polar surface area (TPSA) is 37.8 Å². The molecule has 3 nitrogen and oxygen atoms in total. The van der Waals surface area contributed by atoms with Gasteiger partial charge in [-0.15, -0.1) is 0 Å². The molecule has 1 aliphatic rings. The third-order valence-corrected chi connectivity index (χ3v) is 3.42. The molecule has 0 bridgehead atoms. The molecule has 110 valence electrons. The van der Waals surface area contributed by atoms with E-state index in [2.05, 4.69) is 15.3 Å². The second-order valence-electron chi connectivity index (χ2n) is 4.55. The highest BCUT2D eigenvalue weighted by Crippen LogP contribution is 2.35. The van der Waals surface area contributed by atoms with Gasteiger partial charge < -0.3 is 5.32 Å². The zero-order valence-corrected chi connectivity index (χ0v) is 11.2. The molecular weight excluding hydrogens is 310 g/mol. The fourth-order valence-electron chi connectivity index (χ4n) is 2.17. The van der Waals surface area contributed by atoms with E-state index in [1.165, 1.54) is 12.1 Å². The molecule has 0 spiro atoms. The lowest BCUT2D eigenvalue weighted by Crippen LogP contribution is -2.14. The molecule has 0 radical (unpaired) electrons. The molecular formula is C13H8ClF4N3. The zero-order valence-electron chi connectivity index (χ0n) is 10.4. The lowest BCUT2D eigenvalue weighted by molar-refractivity contribution is -0.141. The Morgan fingerprint density at radius 3 is 2.57 bits per heavy atom. The van der Waals surface area contributed by atoms with Crippen LogP contribution >= 0.6 is 11.6 Å². The highest BCUT2D eigenvalue weighted by Gasteiger charge is 2.38. The van der Waals surface area contributed by atoms with Crippen LogP contribution in [-0.4, -0.2) is 9.97 Å². The minimum atomic E-state index is -4.57. The molecule has 1 aliphatic heterocycles. The van der Waals surface area contributed by atoms with Gasteiger partial charge in [0.05, 0.1) is 10.7 Å². The van der Waals surface area contributed by atoms with Gasteiger partial charge in [-0.2, -0.15) is 13.2 Å². The third-order valence-electron chi connectivity index (χ3n) is 3.13. The summed E-state index contributed by atoms with van der Waals surface area (Å²) in [5.74, 6) is -0.772. The van der Waals surface area contributed by atoms with Crippen molar-refractivity contribution in [1.29, 1.82) is 0 Å². The van der Waals surface area contributed by atoms with Crippen molar-refractivity contribution in [3.8, 4) is 11.4 Å². The molecule has 2 aromatic rings. The highest BCUT2D eigenvalue weighted by atomic mass is 35.5. The average molecular weight is 318 g/mol. The number of aromatic nitrogens is 2. The van der Waals surface area contributed by atoms with Crippen LogP contribution < -0.4 is 5.32 Å². The van der Waals surface area contributed by atoms with E-state index in [-0.39, 0.29) is 35.1 Å². The Morgan fingerprint density at radius 1 is 1.14 bits per heavy atom. The number of benzene rings is 1. The lowest BCUT2D eigenvalue weighted by atomic mass is 10.1. The number of fused-ring (bicyclic) bond motifs is 1. The van der Waals surface area contributed by atoms with Crippen molar-refractivity contribution in [3.63, 3.8) is 0 Å². The van der Waals surface area contributed by atoms with Crippen molar-refractivity contribution in [2.75, 3.05) is 0 Å². The van der Waals surface area contributed by atoms with Crippen LogP contribution in [0.1, 0.15) is 17.0 Å². The fourth-order valence-corrected chi connectivity index (χ4v) is 2.35. The van der Waals surface area contributed by atoms with E-state index >= 15 is 0 Å². The molecule has 0 atom stereocenters. The van der Waals surface area contributed by atoms with E-state index in [1.54, 1.807) is 0 Å². The summed E-state index contributed by atoms with van der Waals surface area (Å²) in [5, 5.41) is 2.62. The van der Waals surface area contributed by atoms with E-state index in [4.69, 9.17) is 11.6 Å². The van der Waals surface area contributed by atoms with Crippen LogP contribution in [0.5, 0.6) is 0 Å². The number of rotatable bonds is 1. The molecule has 2 heterocycles. The van der Waals surface area contributed by atoms with E-state index in [1.807, 2.05) is 0 Å². The highest BCUT2D eigenvalue weighted by molar-refractivity contribution is 6.31. The molecule has 0 aliphatic carbocycles. The van der Waals surface area contributed by atoms with Crippen molar-refractivity contribution in [2.24, 2.45) is 0 Å². The Bertz CT molecular complexity index is 715. The molecule has 0 fully saturated rings. The number of hydrogen-bond acceptors (Lipinski definition) is 3. The SMILES string of the molecule is Fc1ccc(-c2nc3c(c(C(F)(F)F)n2)CNC3)cc1Cl. The Balaban J connectivity index is 2.18. The second kappa shape index (κ2) is 4.92. The number of halogens is 5. The summed E-state index contributed by atoms with van der Waals surface area (Å²) in [4.78, 5) is 7.71. The Morgan fingerprint density at radius 2 is 1.90 bits per heavy atom. The summed E-state index contributed by atoms with van der Waals surface area (Å²) in [7, 11) is 0. The maximum atomic E-state index is 13.1. The lowest BCUT2D eigenvalue weighted by Gasteiger charge is -2.12. The number of hydrogen-bond donors (Lipinski definition) is 1. The molecule has 0 saturated heterocycles. The molecule has 1 aromatic carbocycles. The van der Waals surface area contributed by atoms with Crippen LogP contribution in [0.15, 0.2) is 18.2 Å². The maximum absolute atomic E-state index is 13.1. The van der Waals surface area contributed by atoms with Crippen molar-refractivity contribution in [2.45, 2.75) is 19.3 Å². The van der Waals surface area contributed by atoms with Gasteiger partial charge in [0.15, 0.2) is 11.5 Å². The number of nitrogens with zero attached hydrogens (tertiary/aromatic N) is 2. The molecule has 0 saturated carbocycles. The van der Waals surface area contributed by atoms with Crippen LogP contribution in [0, 0.1) is 5.82 Å². The van der Waals surface area contributed by atoms with Gasteiger partial charge in [0.25, 0.3) is 0 Å². The first-order chi connectivity index (χ1) is 9.86. The maximum Gasteiger partial charge on any atom is 0.433 e. The minimum Gasteiger partial charge on any atom is -0.307 e. The monoisotopic (exact) mass is 317 g/mol. The van der Waals surface area contributed by atoms with Crippen LogP contribution in [0.25, 0.3) is 11.4 Å². The molecule has 0 amide bonds. The van der Waals surface area contributed by atoms with E-state index < -0.39 is 17.7 Å². The number of alkyl halides is 3. The Hall–Kier alpha value is -1.73. The summed E-state index contributed by atoms with van der Waals surface area (Å²) < 4.78 is 52.4. The van der Waals surface area contributed by atoms with Crippen LogP contribution in [0.4, 0.5) is 17.6 Å². The van der Waals surface area contributed by atoms with Crippen molar-refractivity contribution in [1.82, 2.24) is 15.3 Å². The average Bonchev–Trinajstić information content (AvgIpc) is 2.87. The van der Waals surface area contributed by atoms with Crippen LogP contribution in [0.2, 0.25) is 5.02 Å². The molecule has 3 rings (SSSR count). The largest absolute Gasteiger partial charge is 0.433 e. The van der Waals surface area contributed by atoms with Crippen LogP contribution in [-0.2, 0) is 19.3 Å². The third kappa shape index (κ3) is 2.58. The van der Waals surface area contributed by atoms with Gasteiger partial charge in [0.1, 0.15) is 5.82 Å². The predicted octanol–water partition coefficient (Wildman–Crippen LogP) is 3.56. The molecule has 0 unspecified atom stereocenters. The van der Waals surface area contributed by atoms with Crippen molar-refractivity contribution >= 4 is 11.6 Å². The zero-order chi connectivity index (χ0) is 15.2.